The number of amides is 1. The van der Waals surface area contributed by atoms with Crippen molar-refractivity contribution in [1.29, 1.82) is 0 Å². The second-order valence-electron chi connectivity index (χ2n) is 4.64. The van der Waals surface area contributed by atoms with Gasteiger partial charge in [-0.1, -0.05) is 29.8 Å². The number of thioether (sulfide) groups is 1. The number of carbonyl (C=O) groups excluding carboxylic acids is 1. The molecular weight excluding hydrogens is 272 g/mol. The van der Waals surface area contributed by atoms with E-state index < -0.39 is 0 Å². The standard InChI is InChI=1S/C14H18N4OS/c1-10-4-3-5-12(6-10)7-20-8-13(19)17-11(2)14-15-9-16-18-14/h3-6,9,11H,7-8H2,1-2H3,(H,17,19)(H,15,16,18). The lowest BCUT2D eigenvalue weighted by molar-refractivity contribution is -0.119. The van der Waals surface area contributed by atoms with Gasteiger partial charge in [-0.3, -0.25) is 9.89 Å². The van der Waals surface area contributed by atoms with Crippen LogP contribution in [0.1, 0.15) is 29.9 Å². The summed E-state index contributed by atoms with van der Waals surface area (Å²) in [6.45, 7) is 3.95. The van der Waals surface area contributed by atoms with Gasteiger partial charge in [0, 0.05) is 5.75 Å². The van der Waals surface area contributed by atoms with Crippen LogP contribution < -0.4 is 5.32 Å². The SMILES string of the molecule is Cc1cccc(CSCC(=O)NC(C)c2ncn[nH]2)c1. The first kappa shape index (κ1) is 14.6. The Morgan fingerprint density at radius 3 is 3.05 bits per heavy atom. The molecule has 0 bridgehead atoms. The van der Waals surface area contributed by atoms with Crippen LogP contribution in [-0.2, 0) is 10.5 Å². The molecule has 20 heavy (non-hydrogen) atoms. The van der Waals surface area contributed by atoms with Crippen LogP contribution in [0.4, 0.5) is 0 Å². The molecule has 0 radical (unpaired) electrons. The van der Waals surface area contributed by atoms with E-state index >= 15 is 0 Å². The number of hydrogen-bond acceptors (Lipinski definition) is 4. The smallest absolute Gasteiger partial charge is 0.230 e. The van der Waals surface area contributed by atoms with Crippen molar-refractivity contribution in [2.24, 2.45) is 0 Å². The maximum Gasteiger partial charge on any atom is 0.230 e. The quantitative estimate of drug-likeness (QED) is 0.856. The molecule has 106 valence electrons. The Bertz CT molecular complexity index is 556. The number of nitrogens with zero attached hydrogens (tertiary/aromatic N) is 2. The molecule has 1 unspecified atom stereocenters. The summed E-state index contributed by atoms with van der Waals surface area (Å²) in [4.78, 5) is 15.8. The zero-order valence-corrected chi connectivity index (χ0v) is 12.4. The van der Waals surface area contributed by atoms with Gasteiger partial charge in [-0.25, -0.2) is 4.98 Å². The predicted octanol–water partition coefficient (Wildman–Crippen LogP) is 2.22. The Morgan fingerprint density at radius 1 is 1.50 bits per heavy atom. The number of aryl methyl sites for hydroxylation is 1. The van der Waals surface area contributed by atoms with Crippen molar-refractivity contribution in [2.45, 2.75) is 25.6 Å². The van der Waals surface area contributed by atoms with Gasteiger partial charge < -0.3 is 5.32 Å². The molecule has 0 aliphatic rings. The van der Waals surface area contributed by atoms with Crippen molar-refractivity contribution in [1.82, 2.24) is 20.5 Å². The predicted molar refractivity (Wildman–Crippen MR) is 80.3 cm³/mol. The number of aromatic amines is 1. The van der Waals surface area contributed by atoms with E-state index in [0.29, 0.717) is 11.6 Å². The molecule has 0 saturated carbocycles. The van der Waals surface area contributed by atoms with Crippen molar-refractivity contribution in [3.63, 3.8) is 0 Å². The Kier molecular flexibility index (Phi) is 5.17. The van der Waals surface area contributed by atoms with E-state index in [-0.39, 0.29) is 11.9 Å². The van der Waals surface area contributed by atoms with E-state index in [4.69, 9.17) is 0 Å². The Labute approximate surface area is 122 Å². The number of nitrogens with one attached hydrogen (secondary N) is 2. The van der Waals surface area contributed by atoms with Crippen LogP contribution in [0.25, 0.3) is 0 Å². The van der Waals surface area contributed by atoms with Crippen LogP contribution in [0.3, 0.4) is 0 Å². The molecule has 1 heterocycles. The zero-order chi connectivity index (χ0) is 14.4. The average Bonchev–Trinajstić information content (AvgIpc) is 2.92. The second-order valence-corrected chi connectivity index (χ2v) is 5.63. The lowest BCUT2D eigenvalue weighted by Crippen LogP contribution is -2.28. The van der Waals surface area contributed by atoms with Crippen molar-refractivity contribution in [3.05, 3.63) is 47.5 Å². The van der Waals surface area contributed by atoms with Crippen LogP contribution in [0.15, 0.2) is 30.6 Å². The molecule has 2 aromatic rings. The molecule has 0 spiro atoms. The number of H-pyrrole nitrogens is 1. The summed E-state index contributed by atoms with van der Waals surface area (Å²) in [5, 5.41) is 9.40. The summed E-state index contributed by atoms with van der Waals surface area (Å²) in [5.74, 6) is 1.95. The molecule has 1 amide bonds. The Balaban J connectivity index is 1.73. The summed E-state index contributed by atoms with van der Waals surface area (Å²) in [6, 6.07) is 8.18. The molecule has 5 nitrogen and oxygen atoms in total. The highest BCUT2D eigenvalue weighted by Gasteiger charge is 2.11. The van der Waals surface area contributed by atoms with E-state index in [0.717, 1.165) is 5.75 Å². The fourth-order valence-electron chi connectivity index (χ4n) is 1.84. The molecule has 0 fully saturated rings. The third kappa shape index (κ3) is 4.38. The van der Waals surface area contributed by atoms with Crippen molar-refractivity contribution >= 4 is 17.7 Å². The minimum Gasteiger partial charge on any atom is -0.346 e. The fourth-order valence-corrected chi connectivity index (χ4v) is 2.62. The van der Waals surface area contributed by atoms with E-state index in [2.05, 4.69) is 45.6 Å². The number of aromatic nitrogens is 3. The second kappa shape index (κ2) is 7.09. The van der Waals surface area contributed by atoms with E-state index in [9.17, 15) is 4.79 Å². The Hall–Kier alpha value is -1.82. The zero-order valence-electron chi connectivity index (χ0n) is 11.6. The van der Waals surface area contributed by atoms with Gasteiger partial charge in [-0.05, 0) is 19.4 Å². The lowest BCUT2D eigenvalue weighted by Gasteiger charge is -2.10. The van der Waals surface area contributed by atoms with Crippen molar-refractivity contribution in [3.8, 4) is 0 Å². The highest BCUT2D eigenvalue weighted by Crippen LogP contribution is 2.13. The Morgan fingerprint density at radius 2 is 2.35 bits per heavy atom. The van der Waals surface area contributed by atoms with E-state index in [1.54, 1.807) is 11.8 Å². The van der Waals surface area contributed by atoms with Gasteiger partial charge in [0.1, 0.15) is 12.2 Å². The van der Waals surface area contributed by atoms with Gasteiger partial charge in [0.05, 0.1) is 11.8 Å². The maximum absolute atomic E-state index is 11.8. The van der Waals surface area contributed by atoms with Crippen molar-refractivity contribution in [2.75, 3.05) is 5.75 Å². The summed E-state index contributed by atoms with van der Waals surface area (Å²) in [6.07, 6.45) is 1.43. The maximum atomic E-state index is 11.8. The van der Waals surface area contributed by atoms with Gasteiger partial charge in [-0.15, -0.1) is 11.8 Å². The molecule has 1 aromatic heterocycles. The van der Waals surface area contributed by atoms with Gasteiger partial charge in [0.15, 0.2) is 0 Å². The van der Waals surface area contributed by atoms with Crippen LogP contribution in [0, 0.1) is 6.92 Å². The van der Waals surface area contributed by atoms with Gasteiger partial charge in [0.2, 0.25) is 5.91 Å². The highest BCUT2D eigenvalue weighted by molar-refractivity contribution is 7.99. The van der Waals surface area contributed by atoms with Crippen LogP contribution >= 0.6 is 11.8 Å². The first-order chi connectivity index (χ1) is 9.65. The highest BCUT2D eigenvalue weighted by atomic mass is 32.2. The molecule has 6 heteroatoms. The number of benzene rings is 1. The first-order valence-electron chi connectivity index (χ1n) is 6.43. The van der Waals surface area contributed by atoms with Gasteiger partial charge in [-0.2, -0.15) is 5.10 Å². The molecule has 0 aliphatic heterocycles. The van der Waals surface area contributed by atoms with Crippen molar-refractivity contribution < 1.29 is 4.79 Å². The number of rotatable bonds is 6. The van der Waals surface area contributed by atoms with Gasteiger partial charge in [0.25, 0.3) is 0 Å². The molecular formula is C14H18N4OS. The minimum absolute atomic E-state index is 0.00607. The number of hydrogen-bond donors (Lipinski definition) is 2. The normalized spacial score (nSPS) is 12.1. The van der Waals surface area contributed by atoms with Crippen LogP contribution in [0.5, 0.6) is 0 Å². The summed E-state index contributed by atoms with van der Waals surface area (Å²) >= 11 is 1.60. The number of carbonyl (C=O) groups is 1. The van der Waals surface area contributed by atoms with Crippen LogP contribution in [-0.4, -0.2) is 26.8 Å². The molecule has 0 aliphatic carbocycles. The molecule has 1 aromatic carbocycles. The van der Waals surface area contributed by atoms with E-state index in [1.165, 1.54) is 17.5 Å². The monoisotopic (exact) mass is 290 g/mol. The average molecular weight is 290 g/mol. The largest absolute Gasteiger partial charge is 0.346 e. The van der Waals surface area contributed by atoms with E-state index in [1.807, 2.05) is 13.0 Å². The molecule has 0 saturated heterocycles. The summed E-state index contributed by atoms with van der Waals surface area (Å²) in [7, 11) is 0. The van der Waals surface area contributed by atoms with Crippen LogP contribution in [0.2, 0.25) is 0 Å². The van der Waals surface area contributed by atoms with Gasteiger partial charge >= 0.3 is 0 Å². The lowest BCUT2D eigenvalue weighted by atomic mass is 10.2. The topological polar surface area (TPSA) is 70.7 Å². The first-order valence-corrected chi connectivity index (χ1v) is 7.58. The summed E-state index contributed by atoms with van der Waals surface area (Å²) < 4.78 is 0. The third-order valence-corrected chi connectivity index (χ3v) is 3.81. The minimum atomic E-state index is -0.149. The molecule has 1 atom stereocenters. The molecule has 2 rings (SSSR count). The third-order valence-electron chi connectivity index (χ3n) is 2.81. The molecule has 2 N–H and O–H groups in total. The fraction of sp³-hybridized carbons (Fsp3) is 0.357. The summed E-state index contributed by atoms with van der Waals surface area (Å²) in [5.41, 5.74) is 2.48.